The molecule has 4 nitrogen and oxygen atoms in total. The van der Waals surface area contributed by atoms with Crippen molar-refractivity contribution in [2.24, 2.45) is 11.7 Å². The quantitative estimate of drug-likeness (QED) is 0.667. The van der Waals surface area contributed by atoms with Gasteiger partial charge in [-0.25, -0.2) is 0 Å². The molecule has 0 aromatic heterocycles. The lowest BCUT2D eigenvalue weighted by Gasteiger charge is -2.26. The normalized spacial score (nSPS) is 27.5. The Morgan fingerprint density at radius 3 is 2.92 bits per heavy atom. The third-order valence-electron chi connectivity index (χ3n) is 1.99. The number of carbonyl (C=O) groups is 1. The molecule has 0 saturated carbocycles. The van der Waals surface area contributed by atoms with Gasteiger partial charge in [-0.15, -0.1) is 12.4 Å². The van der Waals surface area contributed by atoms with Crippen LogP contribution >= 0.6 is 12.4 Å². The lowest BCUT2D eigenvalue weighted by atomic mass is 9.96. The molecule has 0 amide bonds. The third kappa shape index (κ3) is 3.50. The van der Waals surface area contributed by atoms with Gasteiger partial charge in [-0.05, 0) is 13.3 Å². The van der Waals surface area contributed by atoms with Crippen molar-refractivity contribution in [2.45, 2.75) is 19.4 Å². The van der Waals surface area contributed by atoms with Crippen LogP contribution in [0, 0.1) is 5.92 Å². The number of esters is 1. The van der Waals surface area contributed by atoms with Gasteiger partial charge in [0.05, 0.1) is 19.1 Å². The molecule has 5 heteroatoms. The van der Waals surface area contributed by atoms with Crippen molar-refractivity contribution in [2.75, 3.05) is 19.8 Å². The van der Waals surface area contributed by atoms with E-state index in [4.69, 9.17) is 15.2 Å². The summed E-state index contributed by atoms with van der Waals surface area (Å²) in [5.41, 5.74) is 5.68. The lowest BCUT2D eigenvalue weighted by molar-refractivity contribution is -0.152. The zero-order chi connectivity index (χ0) is 8.97. The number of hydrogen-bond acceptors (Lipinski definition) is 4. The van der Waals surface area contributed by atoms with E-state index in [-0.39, 0.29) is 30.3 Å². The largest absolute Gasteiger partial charge is 0.466 e. The van der Waals surface area contributed by atoms with Crippen LogP contribution in [0.2, 0.25) is 0 Å². The van der Waals surface area contributed by atoms with Crippen molar-refractivity contribution in [3.8, 4) is 0 Å². The Morgan fingerprint density at radius 2 is 2.38 bits per heavy atom. The summed E-state index contributed by atoms with van der Waals surface area (Å²) in [6, 6.07) is -0.196. The SMILES string of the molecule is CCOC(=O)C1CCOCC1N.Cl. The first-order valence-corrected chi connectivity index (χ1v) is 4.25. The third-order valence-corrected chi connectivity index (χ3v) is 1.99. The molecule has 1 aliphatic rings. The van der Waals surface area contributed by atoms with Crippen LogP contribution in [-0.4, -0.2) is 31.8 Å². The monoisotopic (exact) mass is 209 g/mol. The van der Waals surface area contributed by atoms with Crippen LogP contribution in [-0.2, 0) is 14.3 Å². The highest BCUT2D eigenvalue weighted by Crippen LogP contribution is 2.15. The summed E-state index contributed by atoms with van der Waals surface area (Å²) in [6.07, 6.45) is 0.681. The van der Waals surface area contributed by atoms with Crippen LogP contribution < -0.4 is 5.73 Å². The molecule has 1 fully saturated rings. The Morgan fingerprint density at radius 1 is 1.69 bits per heavy atom. The van der Waals surface area contributed by atoms with Crippen molar-refractivity contribution in [1.29, 1.82) is 0 Å². The van der Waals surface area contributed by atoms with E-state index in [9.17, 15) is 4.79 Å². The average Bonchev–Trinajstić information content (AvgIpc) is 2.05. The van der Waals surface area contributed by atoms with Crippen molar-refractivity contribution >= 4 is 18.4 Å². The molecule has 0 aliphatic carbocycles. The zero-order valence-electron chi connectivity index (χ0n) is 7.69. The molecule has 1 heterocycles. The van der Waals surface area contributed by atoms with Gasteiger partial charge in [0.1, 0.15) is 0 Å². The molecule has 1 aliphatic heterocycles. The van der Waals surface area contributed by atoms with E-state index >= 15 is 0 Å². The van der Waals surface area contributed by atoms with Gasteiger partial charge in [0.15, 0.2) is 0 Å². The van der Waals surface area contributed by atoms with Gasteiger partial charge in [0, 0.05) is 12.6 Å². The molecule has 1 saturated heterocycles. The minimum atomic E-state index is -0.196. The summed E-state index contributed by atoms with van der Waals surface area (Å²) in [5, 5.41) is 0. The van der Waals surface area contributed by atoms with E-state index in [0.717, 1.165) is 0 Å². The molecule has 78 valence electrons. The predicted molar refractivity (Wildman–Crippen MR) is 50.8 cm³/mol. The Kier molecular flexibility index (Phi) is 6.03. The predicted octanol–water partition coefficient (Wildman–Crippen LogP) is 0.335. The summed E-state index contributed by atoms with van der Waals surface area (Å²) in [6.45, 7) is 3.28. The van der Waals surface area contributed by atoms with Crippen molar-refractivity contribution in [3.05, 3.63) is 0 Å². The van der Waals surface area contributed by atoms with Crippen molar-refractivity contribution < 1.29 is 14.3 Å². The topological polar surface area (TPSA) is 61.5 Å². The van der Waals surface area contributed by atoms with Crippen LogP contribution in [0.15, 0.2) is 0 Å². The molecule has 0 bridgehead atoms. The standard InChI is InChI=1S/C8H15NO3.ClH/c1-2-12-8(10)6-3-4-11-5-7(6)9;/h6-7H,2-5,9H2,1H3;1H. The first-order chi connectivity index (χ1) is 5.75. The van der Waals surface area contributed by atoms with Gasteiger partial charge in [-0.3, -0.25) is 4.79 Å². The fourth-order valence-electron chi connectivity index (χ4n) is 1.30. The molecule has 0 aromatic carbocycles. The second kappa shape index (κ2) is 6.18. The van der Waals surface area contributed by atoms with E-state index < -0.39 is 0 Å². The van der Waals surface area contributed by atoms with E-state index in [1.54, 1.807) is 6.92 Å². The number of carbonyl (C=O) groups excluding carboxylic acids is 1. The van der Waals surface area contributed by atoms with Gasteiger partial charge >= 0.3 is 5.97 Å². The highest BCUT2D eigenvalue weighted by atomic mass is 35.5. The Labute approximate surface area is 84.2 Å². The lowest BCUT2D eigenvalue weighted by Crippen LogP contribution is -2.44. The molecule has 0 radical (unpaired) electrons. The Bertz CT molecular complexity index is 165. The summed E-state index contributed by atoms with van der Waals surface area (Å²) < 4.78 is 9.98. The molecule has 13 heavy (non-hydrogen) atoms. The molecule has 2 atom stereocenters. The smallest absolute Gasteiger partial charge is 0.310 e. The Balaban J connectivity index is 0.00000144. The van der Waals surface area contributed by atoms with Crippen LogP contribution in [0.25, 0.3) is 0 Å². The average molecular weight is 210 g/mol. The molecular weight excluding hydrogens is 194 g/mol. The molecular formula is C8H16ClNO3. The van der Waals surface area contributed by atoms with Gasteiger partial charge in [-0.2, -0.15) is 0 Å². The number of halogens is 1. The van der Waals surface area contributed by atoms with E-state index in [1.807, 2.05) is 0 Å². The van der Waals surface area contributed by atoms with E-state index in [1.165, 1.54) is 0 Å². The molecule has 0 aromatic rings. The summed E-state index contributed by atoms with van der Waals surface area (Å²) >= 11 is 0. The van der Waals surface area contributed by atoms with Crippen LogP contribution in [0.1, 0.15) is 13.3 Å². The maximum absolute atomic E-state index is 11.3. The molecule has 0 spiro atoms. The zero-order valence-corrected chi connectivity index (χ0v) is 8.51. The maximum Gasteiger partial charge on any atom is 0.310 e. The fourth-order valence-corrected chi connectivity index (χ4v) is 1.30. The number of nitrogens with two attached hydrogens (primary N) is 1. The highest BCUT2D eigenvalue weighted by molar-refractivity contribution is 5.85. The van der Waals surface area contributed by atoms with Crippen molar-refractivity contribution in [3.63, 3.8) is 0 Å². The van der Waals surface area contributed by atoms with Crippen LogP contribution in [0.3, 0.4) is 0 Å². The van der Waals surface area contributed by atoms with Gasteiger partial charge in [-0.1, -0.05) is 0 Å². The van der Waals surface area contributed by atoms with Gasteiger partial charge < -0.3 is 15.2 Å². The second-order valence-electron chi connectivity index (χ2n) is 2.89. The molecule has 2 N–H and O–H groups in total. The van der Waals surface area contributed by atoms with Crippen LogP contribution in [0.5, 0.6) is 0 Å². The first-order valence-electron chi connectivity index (χ1n) is 4.25. The highest BCUT2D eigenvalue weighted by Gasteiger charge is 2.29. The summed E-state index contributed by atoms with van der Waals surface area (Å²) in [7, 11) is 0. The molecule has 2 unspecified atom stereocenters. The van der Waals surface area contributed by atoms with Crippen molar-refractivity contribution in [1.82, 2.24) is 0 Å². The Hall–Kier alpha value is -0.320. The van der Waals surface area contributed by atoms with E-state index in [2.05, 4.69) is 0 Å². The number of rotatable bonds is 2. The summed E-state index contributed by atoms with van der Waals surface area (Å²) in [4.78, 5) is 11.3. The van der Waals surface area contributed by atoms with Gasteiger partial charge in [0.25, 0.3) is 0 Å². The summed E-state index contributed by atoms with van der Waals surface area (Å²) in [5.74, 6) is -0.355. The van der Waals surface area contributed by atoms with E-state index in [0.29, 0.717) is 26.2 Å². The van der Waals surface area contributed by atoms with Gasteiger partial charge in [0.2, 0.25) is 0 Å². The second-order valence-corrected chi connectivity index (χ2v) is 2.89. The minimum absolute atomic E-state index is 0. The van der Waals surface area contributed by atoms with Crippen LogP contribution in [0.4, 0.5) is 0 Å². The minimum Gasteiger partial charge on any atom is -0.466 e. The fraction of sp³-hybridized carbons (Fsp3) is 0.875. The first kappa shape index (κ1) is 12.7. The maximum atomic E-state index is 11.3. The number of ether oxygens (including phenoxy) is 2. The number of hydrogen-bond donors (Lipinski definition) is 1. The molecule has 1 rings (SSSR count).